The van der Waals surface area contributed by atoms with Crippen molar-refractivity contribution in [2.24, 2.45) is 0 Å². The van der Waals surface area contributed by atoms with Crippen molar-refractivity contribution in [1.82, 2.24) is 5.32 Å². The van der Waals surface area contributed by atoms with E-state index in [0.717, 1.165) is 36.0 Å². The summed E-state index contributed by atoms with van der Waals surface area (Å²) in [7, 11) is -3.65. The van der Waals surface area contributed by atoms with Crippen LogP contribution in [0.4, 0.5) is 5.69 Å². The van der Waals surface area contributed by atoms with Gasteiger partial charge in [0.1, 0.15) is 6.04 Å². The zero-order valence-corrected chi connectivity index (χ0v) is 20.8. The minimum absolute atomic E-state index is 0.149. The Morgan fingerprint density at radius 3 is 2.16 bits per heavy atom. The third kappa shape index (κ3) is 5.52. The highest BCUT2D eigenvalue weighted by atomic mass is 32.2. The van der Waals surface area contributed by atoms with Crippen LogP contribution in [-0.4, -0.2) is 26.6 Å². The highest BCUT2D eigenvalue weighted by molar-refractivity contribution is 7.92. The van der Waals surface area contributed by atoms with Gasteiger partial charge in [0.15, 0.2) is 0 Å². The Balaban J connectivity index is 1.90. The Hall–Kier alpha value is -2.34. The van der Waals surface area contributed by atoms with Crippen molar-refractivity contribution in [3.05, 3.63) is 64.2 Å². The molecule has 0 aliphatic heterocycles. The molecule has 2 atom stereocenters. The fourth-order valence-electron chi connectivity index (χ4n) is 4.80. The quantitative estimate of drug-likeness (QED) is 0.608. The summed E-state index contributed by atoms with van der Waals surface area (Å²) in [6.07, 6.45) is 6.93. The molecule has 0 saturated heterocycles. The summed E-state index contributed by atoms with van der Waals surface area (Å²) in [4.78, 5) is 13.4. The van der Waals surface area contributed by atoms with E-state index in [1.54, 1.807) is 0 Å². The average molecular weight is 457 g/mol. The molecule has 2 aromatic carbocycles. The average Bonchev–Trinajstić information content (AvgIpc) is 2.73. The first kappa shape index (κ1) is 24.3. The topological polar surface area (TPSA) is 66.5 Å². The van der Waals surface area contributed by atoms with Gasteiger partial charge < -0.3 is 5.32 Å². The first-order valence-corrected chi connectivity index (χ1v) is 13.5. The molecule has 1 amide bonds. The molecule has 0 bridgehead atoms. The summed E-state index contributed by atoms with van der Waals surface area (Å²) in [5.74, 6) is -0.262. The van der Waals surface area contributed by atoms with Crippen molar-refractivity contribution in [3.63, 3.8) is 0 Å². The van der Waals surface area contributed by atoms with Crippen LogP contribution in [0.25, 0.3) is 0 Å². The van der Waals surface area contributed by atoms with E-state index < -0.39 is 16.1 Å². The predicted molar refractivity (Wildman–Crippen MR) is 132 cm³/mol. The van der Waals surface area contributed by atoms with E-state index in [0.29, 0.717) is 12.1 Å². The van der Waals surface area contributed by atoms with Gasteiger partial charge in [-0.25, -0.2) is 8.42 Å². The summed E-state index contributed by atoms with van der Waals surface area (Å²) in [5.41, 5.74) is 6.34. The van der Waals surface area contributed by atoms with Gasteiger partial charge in [0.25, 0.3) is 0 Å². The number of aryl methyl sites for hydroxylation is 4. The largest absolute Gasteiger partial charge is 0.347 e. The number of benzene rings is 2. The van der Waals surface area contributed by atoms with Crippen molar-refractivity contribution in [2.75, 3.05) is 10.6 Å². The number of carbonyl (C=O) groups excluding carboxylic acids is 1. The molecule has 0 spiro atoms. The first-order valence-electron chi connectivity index (χ1n) is 11.6. The predicted octanol–water partition coefficient (Wildman–Crippen LogP) is 4.99. The fraction of sp³-hybridized carbons (Fsp3) is 0.500. The van der Waals surface area contributed by atoms with Gasteiger partial charge >= 0.3 is 0 Å². The summed E-state index contributed by atoms with van der Waals surface area (Å²) in [6.45, 7) is 7.76. The number of hydrogen-bond acceptors (Lipinski definition) is 3. The summed E-state index contributed by atoms with van der Waals surface area (Å²) < 4.78 is 26.9. The Labute approximate surface area is 193 Å². The lowest BCUT2D eigenvalue weighted by molar-refractivity contribution is -0.123. The highest BCUT2D eigenvalue weighted by Crippen LogP contribution is 2.28. The molecule has 0 heterocycles. The number of hydrogen-bond donors (Lipinski definition) is 1. The van der Waals surface area contributed by atoms with E-state index in [1.807, 2.05) is 45.9 Å². The molecule has 1 aliphatic carbocycles. The minimum Gasteiger partial charge on any atom is -0.347 e. The van der Waals surface area contributed by atoms with Crippen molar-refractivity contribution in [1.29, 1.82) is 0 Å². The number of nitrogens with zero attached hydrogens (tertiary/aromatic N) is 1. The summed E-state index contributed by atoms with van der Waals surface area (Å²) >= 11 is 0. The van der Waals surface area contributed by atoms with E-state index in [2.05, 4.69) is 23.5 Å². The van der Waals surface area contributed by atoms with Crippen LogP contribution < -0.4 is 9.62 Å². The van der Waals surface area contributed by atoms with Gasteiger partial charge in [0, 0.05) is 0 Å². The van der Waals surface area contributed by atoms with Crippen molar-refractivity contribution in [3.8, 4) is 0 Å². The van der Waals surface area contributed by atoms with Gasteiger partial charge in [-0.3, -0.25) is 9.10 Å². The molecule has 0 radical (unpaired) electrons. The molecule has 2 aromatic rings. The molecule has 0 saturated carbocycles. The van der Waals surface area contributed by atoms with Crippen molar-refractivity contribution >= 4 is 21.6 Å². The van der Waals surface area contributed by atoms with Crippen LogP contribution in [-0.2, 0) is 27.7 Å². The molecule has 0 fully saturated rings. The number of carbonyl (C=O) groups is 1. The normalized spacial score (nSPS) is 15.5. The highest BCUT2D eigenvalue weighted by Gasteiger charge is 2.32. The Morgan fingerprint density at radius 2 is 1.59 bits per heavy atom. The maximum absolute atomic E-state index is 13.4. The molecule has 1 aliphatic rings. The second kappa shape index (κ2) is 10.1. The number of fused-ring (bicyclic) bond motifs is 1. The van der Waals surface area contributed by atoms with E-state index in [9.17, 15) is 13.2 Å². The molecule has 0 aromatic heterocycles. The number of amides is 1. The molecule has 0 unspecified atom stereocenters. The Kier molecular flexibility index (Phi) is 7.65. The Morgan fingerprint density at radius 1 is 0.969 bits per heavy atom. The van der Waals surface area contributed by atoms with E-state index >= 15 is 0 Å². The van der Waals surface area contributed by atoms with Crippen molar-refractivity contribution in [2.45, 2.75) is 78.3 Å². The molecule has 5 nitrogen and oxygen atoms in total. The van der Waals surface area contributed by atoms with Crippen molar-refractivity contribution < 1.29 is 13.2 Å². The minimum atomic E-state index is -3.65. The van der Waals surface area contributed by atoms with Crippen LogP contribution in [0.1, 0.15) is 73.4 Å². The summed E-state index contributed by atoms with van der Waals surface area (Å²) in [5, 5.41) is 3.15. The third-order valence-corrected chi connectivity index (χ3v) is 7.47. The van der Waals surface area contributed by atoms with Gasteiger partial charge in [0.2, 0.25) is 15.9 Å². The monoisotopic (exact) mass is 456 g/mol. The van der Waals surface area contributed by atoms with Gasteiger partial charge in [-0.05, 0) is 92.3 Å². The maximum atomic E-state index is 13.4. The lowest BCUT2D eigenvalue weighted by atomic mass is 9.88. The second-order valence-corrected chi connectivity index (χ2v) is 10.9. The number of sulfonamides is 1. The third-order valence-electron chi connectivity index (χ3n) is 6.29. The maximum Gasteiger partial charge on any atom is 0.244 e. The number of rotatable bonds is 8. The molecule has 6 heteroatoms. The lowest BCUT2D eigenvalue weighted by Crippen LogP contribution is -2.50. The second-order valence-electron chi connectivity index (χ2n) is 9.03. The zero-order valence-electron chi connectivity index (χ0n) is 19.9. The van der Waals surface area contributed by atoms with Crippen LogP contribution >= 0.6 is 0 Å². The number of anilines is 1. The van der Waals surface area contributed by atoms with Crippen LogP contribution in [0, 0.1) is 13.8 Å². The fourth-order valence-corrected chi connectivity index (χ4v) is 5.99. The van der Waals surface area contributed by atoms with E-state index in [4.69, 9.17) is 0 Å². The van der Waals surface area contributed by atoms with Crippen LogP contribution in [0.3, 0.4) is 0 Å². The van der Waals surface area contributed by atoms with Gasteiger partial charge in [-0.1, -0.05) is 38.1 Å². The molecular formula is C26H36N2O3S. The van der Waals surface area contributed by atoms with Gasteiger partial charge in [-0.15, -0.1) is 0 Å². The molecule has 3 rings (SSSR count). The lowest BCUT2D eigenvalue weighted by Gasteiger charge is -2.32. The smallest absolute Gasteiger partial charge is 0.244 e. The van der Waals surface area contributed by atoms with Crippen LogP contribution in [0.15, 0.2) is 36.4 Å². The van der Waals surface area contributed by atoms with Crippen LogP contribution in [0.2, 0.25) is 0 Å². The standard InChI is InChI=1S/C26H36N2O3S/c1-6-24(22-13-12-20-10-8-9-11-21(20)17-22)27-26(29)25(7-2)28(32(5,30)31)23-15-18(3)14-19(4)16-23/h12-17,24-25H,6-11H2,1-5H3,(H,27,29)/t24-,25+/m0/s1. The zero-order chi connectivity index (χ0) is 23.5. The Bertz CT molecular complexity index is 1060. The SMILES string of the molecule is CC[C@H](NC(=O)[C@@H](CC)N(c1cc(C)cc(C)c1)S(C)(=O)=O)c1ccc2c(c1)CCCC2. The molecule has 174 valence electrons. The number of nitrogens with one attached hydrogen (secondary N) is 1. The molecule has 1 N–H and O–H groups in total. The van der Waals surface area contributed by atoms with Crippen LogP contribution in [0.5, 0.6) is 0 Å². The van der Waals surface area contributed by atoms with E-state index in [1.165, 1.54) is 34.5 Å². The van der Waals surface area contributed by atoms with Gasteiger partial charge in [0.05, 0.1) is 18.0 Å². The summed E-state index contributed by atoms with van der Waals surface area (Å²) in [6, 6.07) is 11.2. The van der Waals surface area contributed by atoms with Gasteiger partial charge in [-0.2, -0.15) is 0 Å². The van der Waals surface area contributed by atoms with E-state index in [-0.39, 0.29) is 11.9 Å². The first-order chi connectivity index (χ1) is 15.1. The molecular weight excluding hydrogens is 420 g/mol. The molecule has 32 heavy (non-hydrogen) atoms.